The fraction of sp³-hybridized carbons (Fsp3) is 0.429. The number of aromatic amines is 1. The van der Waals surface area contributed by atoms with Crippen LogP contribution in [0.2, 0.25) is 0 Å². The summed E-state index contributed by atoms with van der Waals surface area (Å²) in [6, 6.07) is 4.71. The number of alkyl carbamates (subject to hydrolysis) is 1. The second-order valence-electron chi connectivity index (χ2n) is 7.89. The van der Waals surface area contributed by atoms with Gasteiger partial charge in [-0.25, -0.2) is 9.18 Å². The predicted octanol–water partition coefficient (Wildman–Crippen LogP) is 3.84. The van der Waals surface area contributed by atoms with Gasteiger partial charge in [-0.05, 0) is 51.0 Å². The van der Waals surface area contributed by atoms with Crippen LogP contribution in [0.4, 0.5) is 9.18 Å². The van der Waals surface area contributed by atoms with Crippen LogP contribution < -0.4 is 5.32 Å². The Hall–Kier alpha value is -2.83. The van der Waals surface area contributed by atoms with Gasteiger partial charge in [-0.1, -0.05) is 6.08 Å². The molecule has 3 rings (SSSR count). The van der Waals surface area contributed by atoms with Gasteiger partial charge < -0.3 is 19.9 Å². The molecule has 6 nitrogen and oxygen atoms in total. The molecular formula is C21H26FN3O3. The molecule has 2 amide bonds. The number of halogens is 1. The minimum absolute atomic E-state index is 0.00708. The fourth-order valence-electron chi connectivity index (χ4n) is 3.25. The van der Waals surface area contributed by atoms with Gasteiger partial charge in [0, 0.05) is 48.7 Å². The molecule has 0 aliphatic carbocycles. The second-order valence-corrected chi connectivity index (χ2v) is 7.89. The highest BCUT2D eigenvalue weighted by atomic mass is 19.1. The van der Waals surface area contributed by atoms with Crippen LogP contribution in [0.25, 0.3) is 16.5 Å². The maximum Gasteiger partial charge on any atom is 0.407 e. The number of benzene rings is 1. The van der Waals surface area contributed by atoms with Gasteiger partial charge in [-0.3, -0.25) is 4.79 Å². The summed E-state index contributed by atoms with van der Waals surface area (Å²) in [5.41, 5.74) is 2.40. The van der Waals surface area contributed by atoms with Crippen LogP contribution in [0, 0.1) is 5.82 Å². The van der Waals surface area contributed by atoms with E-state index in [1.165, 1.54) is 12.1 Å². The summed E-state index contributed by atoms with van der Waals surface area (Å²) in [5, 5.41) is 3.59. The van der Waals surface area contributed by atoms with E-state index in [0.717, 1.165) is 28.5 Å². The average Bonchev–Trinajstić information content (AvgIpc) is 3.03. The molecule has 2 aromatic rings. The summed E-state index contributed by atoms with van der Waals surface area (Å²) in [5.74, 6) is -0.275. The number of nitrogens with zero attached hydrogens (tertiary/aromatic N) is 1. The number of H-pyrrole nitrogens is 1. The van der Waals surface area contributed by atoms with Crippen molar-refractivity contribution in [3.05, 3.63) is 41.9 Å². The van der Waals surface area contributed by atoms with E-state index < -0.39 is 11.7 Å². The third-order valence-corrected chi connectivity index (χ3v) is 4.56. The first-order chi connectivity index (χ1) is 13.2. The number of hydrogen-bond donors (Lipinski definition) is 2. The summed E-state index contributed by atoms with van der Waals surface area (Å²) in [6.07, 6.45) is 4.37. The molecule has 0 saturated heterocycles. The number of rotatable bonds is 4. The van der Waals surface area contributed by atoms with Crippen molar-refractivity contribution in [1.29, 1.82) is 0 Å². The zero-order chi connectivity index (χ0) is 20.3. The van der Waals surface area contributed by atoms with Crippen molar-refractivity contribution in [3.63, 3.8) is 0 Å². The maximum atomic E-state index is 13.3. The predicted molar refractivity (Wildman–Crippen MR) is 106 cm³/mol. The lowest BCUT2D eigenvalue weighted by Crippen LogP contribution is -2.38. The first-order valence-electron chi connectivity index (χ1n) is 9.43. The minimum atomic E-state index is -0.559. The molecule has 0 saturated carbocycles. The molecule has 1 aliphatic rings. The standard InChI is InChI=1S/C21H26FN3O3/c1-21(2,3)28-20(27)23-9-6-19(26)25-10-7-14(8-11-25)17-13-24-18-12-15(22)4-5-16(17)18/h4-5,7,12-13,24H,6,8-11H2,1-3H3,(H,23,27). The summed E-state index contributed by atoms with van der Waals surface area (Å²) in [4.78, 5) is 28.9. The molecule has 150 valence electrons. The van der Waals surface area contributed by atoms with E-state index in [2.05, 4.69) is 10.3 Å². The minimum Gasteiger partial charge on any atom is -0.444 e. The molecule has 28 heavy (non-hydrogen) atoms. The third-order valence-electron chi connectivity index (χ3n) is 4.56. The van der Waals surface area contributed by atoms with Crippen molar-refractivity contribution in [1.82, 2.24) is 15.2 Å². The molecule has 2 N–H and O–H groups in total. The van der Waals surface area contributed by atoms with Crippen LogP contribution >= 0.6 is 0 Å². The van der Waals surface area contributed by atoms with Crippen LogP contribution in [0.3, 0.4) is 0 Å². The number of carbonyl (C=O) groups excluding carboxylic acids is 2. The molecule has 0 radical (unpaired) electrons. The lowest BCUT2D eigenvalue weighted by molar-refractivity contribution is -0.130. The lowest BCUT2D eigenvalue weighted by Gasteiger charge is -2.27. The zero-order valence-corrected chi connectivity index (χ0v) is 16.5. The first kappa shape index (κ1) is 19.9. The monoisotopic (exact) mass is 387 g/mol. The third kappa shape index (κ3) is 4.91. The number of hydrogen-bond acceptors (Lipinski definition) is 3. The average molecular weight is 387 g/mol. The maximum absolute atomic E-state index is 13.3. The summed E-state index contributed by atoms with van der Waals surface area (Å²) >= 11 is 0. The molecule has 1 aromatic heterocycles. The van der Waals surface area contributed by atoms with Gasteiger partial charge in [0.05, 0.1) is 0 Å². The number of amides is 2. The highest BCUT2D eigenvalue weighted by Gasteiger charge is 2.20. The highest BCUT2D eigenvalue weighted by Crippen LogP contribution is 2.29. The molecule has 0 atom stereocenters. The number of nitrogens with one attached hydrogen (secondary N) is 2. The Bertz CT molecular complexity index is 911. The SMILES string of the molecule is CC(C)(C)OC(=O)NCCC(=O)N1CC=C(c2c[nH]c3cc(F)ccc23)CC1. The zero-order valence-electron chi connectivity index (χ0n) is 16.5. The van der Waals surface area contributed by atoms with Gasteiger partial charge in [-0.2, -0.15) is 0 Å². The molecule has 2 heterocycles. The van der Waals surface area contributed by atoms with Crippen molar-refractivity contribution < 1.29 is 18.7 Å². The first-order valence-corrected chi connectivity index (χ1v) is 9.43. The Balaban J connectivity index is 1.53. The molecule has 1 aliphatic heterocycles. The Labute approximate surface area is 163 Å². The number of aromatic nitrogens is 1. The van der Waals surface area contributed by atoms with E-state index in [1.54, 1.807) is 31.7 Å². The fourth-order valence-corrected chi connectivity index (χ4v) is 3.25. The molecule has 0 unspecified atom stereocenters. The van der Waals surface area contributed by atoms with Gasteiger partial charge in [0.15, 0.2) is 0 Å². The number of fused-ring (bicyclic) bond motifs is 1. The van der Waals surface area contributed by atoms with E-state index in [9.17, 15) is 14.0 Å². The van der Waals surface area contributed by atoms with Crippen LogP contribution in [0.1, 0.15) is 39.2 Å². The van der Waals surface area contributed by atoms with Crippen molar-refractivity contribution in [2.45, 2.75) is 39.2 Å². The van der Waals surface area contributed by atoms with Crippen molar-refractivity contribution in [3.8, 4) is 0 Å². The summed E-state index contributed by atoms with van der Waals surface area (Å²) < 4.78 is 18.5. The lowest BCUT2D eigenvalue weighted by atomic mass is 9.99. The van der Waals surface area contributed by atoms with E-state index in [4.69, 9.17) is 4.74 Å². The Morgan fingerprint density at radius 2 is 2.11 bits per heavy atom. The quantitative estimate of drug-likeness (QED) is 0.837. The van der Waals surface area contributed by atoms with Crippen LogP contribution in [-0.4, -0.2) is 47.1 Å². The smallest absolute Gasteiger partial charge is 0.407 e. The summed E-state index contributed by atoms with van der Waals surface area (Å²) in [6.45, 7) is 6.76. The van der Waals surface area contributed by atoms with Gasteiger partial charge in [-0.15, -0.1) is 0 Å². The van der Waals surface area contributed by atoms with Crippen LogP contribution in [0.15, 0.2) is 30.5 Å². The molecule has 0 spiro atoms. The van der Waals surface area contributed by atoms with Crippen LogP contribution in [-0.2, 0) is 9.53 Å². The molecular weight excluding hydrogens is 361 g/mol. The van der Waals surface area contributed by atoms with Gasteiger partial charge in [0.2, 0.25) is 5.91 Å². The van der Waals surface area contributed by atoms with Gasteiger partial charge in [0.25, 0.3) is 0 Å². The van der Waals surface area contributed by atoms with Crippen LogP contribution in [0.5, 0.6) is 0 Å². The van der Waals surface area contributed by atoms with Crippen molar-refractivity contribution in [2.75, 3.05) is 19.6 Å². The molecule has 0 bridgehead atoms. The number of ether oxygens (including phenoxy) is 1. The Morgan fingerprint density at radius 3 is 2.79 bits per heavy atom. The van der Waals surface area contributed by atoms with E-state index in [-0.39, 0.29) is 24.7 Å². The Morgan fingerprint density at radius 1 is 1.32 bits per heavy atom. The largest absolute Gasteiger partial charge is 0.444 e. The van der Waals surface area contributed by atoms with Crippen molar-refractivity contribution in [2.24, 2.45) is 0 Å². The molecule has 1 aromatic carbocycles. The van der Waals surface area contributed by atoms with Gasteiger partial charge in [0.1, 0.15) is 11.4 Å². The summed E-state index contributed by atoms with van der Waals surface area (Å²) in [7, 11) is 0. The second kappa shape index (κ2) is 8.04. The van der Waals surface area contributed by atoms with E-state index in [1.807, 2.05) is 12.3 Å². The molecule has 7 heteroatoms. The molecule has 0 fully saturated rings. The van der Waals surface area contributed by atoms with E-state index in [0.29, 0.717) is 13.1 Å². The van der Waals surface area contributed by atoms with E-state index >= 15 is 0 Å². The van der Waals surface area contributed by atoms with Crippen molar-refractivity contribution >= 4 is 28.5 Å². The Kier molecular flexibility index (Phi) is 5.72. The highest BCUT2D eigenvalue weighted by molar-refractivity contribution is 5.93. The number of carbonyl (C=O) groups is 2. The normalized spacial score (nSPS) is 14.7. The topological polar surface area (TPSA) is 74.4 Å². The van der Waals surface area contributed by atoms with Gasteiger partial charge >= 0.3 is 6.09 Å².